The van der Waals surface area contributed by atoms with Crippen molar-refractivity contribution < 1.29 is 14.3 Å². The topological polar surface area (TPSA) is 60.5 Å². The summed E-state index contributed by atoms with van der Waals surface area (Å²) in [4.78, 5) is 15.6. The van der Waals surface area contributed by atoms with Crippen molar-refractivity contribution in [1.29, 1.82) is 0 Å². The third-order valence-corrected chi connectivity index (χ3v) is 2.90. The number of hydrogen-bond acceptors (Lipinski definition) is 4. The quantitative estimate of drug-likeness (QED) is 0.847. The Morgan fingerprint density at radius 2 is 1.76 bits per heavy atom. The zero-order chi connectivity index (χ0) is 14.9. The number of carbonyl (C=O) groups excluding carboxylic acids is 1. The van der Waals surface area contributed by atoms with E-state index < -0.39 is 0 Å². The molecule has 0 bridgehead atoms. The second-order valence-corrected chi connectivity index (χ2v) is 4.41. The maximum atomic E-state index is 11.7. The summed E-state index contributed by atoms with van der Waals surface area (Å²) in [5, 5.41) is 2.84. The molecule has 5 nitrogen and oxygen atoms in total. The Bertz CT molecular complexity index is 555. The van der Waals surface area contributed by atoms with Gasteiger partial charge in [0.25, 0.3) is 0 Å². The first-order valence-corrected chi connectivity index (χ1v) is 6.70. The Morgan fingerprint density at radius 1 is 1.10 bits per heavy atom. The maximum Gasteiger partial charge on any atom is 0.223 e. The fourth-order valence-corrected chi connectivity index (χ4v) is 1.72. The Balaban J connectivity index is 1.66. The highest BCUT2D eigenvalue weighted by Crippen LogP contribution is 2.16. The fourth-order valence-electron chi connectivity index (χ4n) is 1.72. The smallest absolute Gasteiger partial charge is 0.223 e. The third kappa shape index (κ3) is 5.14. The number of pyridine rings is 1. The number of hydrogen-bond donors (Lipinski definition) is 1. The molecule has 2 rings (SSSR count). The molecule has 1 N–H and O–H groups in total. The van der Waals surface area contributed by atoms with Gasteiger partial charge in [0.15, 0.2) is 0 Å². The van der Waals surface area contributed by atoms with Crippen LogP contribution >= 0.6 is 0 Å². The normalized spacial score (nSPS) is 9.95. The van der Waals surface area contributed by atoms with Crippen LogP contribution in [-0.4, -0.2) is 24.6 Å². The van der Waals surface area contributed by atoms with Crippen molar-refractivity contribution in [3.8, 4) is 11.5 Å². The van der Waals surface area contributed by atoms with Crippen LogP contribution in [0.5, 0.6) is 11.5 Å². The minimum absolute atomic E-state index is 0.0414. The number of ether oxygens (including phenoxy) is 2. The second-order valence-electron chi connectivity index (χ2n) is 4.41. The lowest BCUT2D eigenvalue weighted by atomic mass is 10.2. The molecule has 0 atom stereocenters. The van der Waals surface area contributed by atoms with E-state index in [9.17, 15) is 4.79 Å². The largest absolute Gasteiger partial charge is 0.497 e. The SMILES string of the molecule is COc1ccc(OCCC(=O)NCc2ccncc2)cc1. The van der Waals surface area contributed by atoms with E-state index >= 15 is 0 Å². The predicted molar refractivity (Wildman–Crippen MR) is 79.2 cm³/mol. The Morgan fingerprint density at radius 3 is 2.43 bits per heavy atom. The van der Waals surface area contributed by atoms with Gasteiger partial charge in [0.05, 0.1) is 20.1 Å². The lowest BCUT2D eigenvalue weighted by Crippen LogP contribution is -2.24. The molecule has 1 aromatic carbocycles. The second kappa shape index (κ2) is 7.89. The molecule has 21 heavy (non-hydrogen) atoms. The molecular weight excluding hydrogens is 268 g/mol. The van der Waals surface area contributed by atoms with Crippen molar-refractivity contribution >= 4 is 5.91 Å². The molecule has 110 valence electrons. The van der Waals surface area contributed by atoms with E-state index in [0.717, 1.165) is 17.1 Å². The van der Waals surface area contributed by atoms with Crippen LogP contribution in [0.15, 0.2) is 48.8 Å². The first-order valence-electron chi connectivity index (χ1n) is 6.70. The highest BCUT2D eigenvalue weighted by atomic mass is 16.5. The van der Waals surface area contributed by atoms with Crippen LogP contribution in [0.1, 0.15) is 12.0 Å². The van der Waals surface area contributed by atoms with Crippen LogP contribution in [-0.2, 0) is 11.3 Å². The van der Waals surface area contributed by atoms with Crippen LogP contribution in [0.25, 0.3) is 0 Å². The highest BCUT2D eigenvalue weighted by molar-refractivity contribution is 5.75. The summed E-state index contributed by atoms with van der Waals surface area (Å²) in [6, 6.07) is 11.0. The van der Waals surface area contributed by atoms with E-state index in [1.54, 1.807) is 19.5 Å². The molecule has 1 aromatic heterocycles. The van der Waals surface area contributed by atoms with Gasteiger partial charge >= 0.3 is 0 Å². The van der Waals surface area contributed by atoms with Gasteiger partial charge in [-0.25, -0.2) is 0 Å². The molecule has 0 aliphatic heterocycles. The van der Waals surface area contributed by atoms with E-state index in [-0.39, 0.29) is 5.91 Å². The Labute approximate surface area is 123 Å². The molecule has 0 unspecified atom stereocenters. The van der Waals surface area contributed by atoms with Gasteiger partial charge in [-0.2, -0.15) is 0 Å². The number of carbonyl (C=O) groups is 1. The summed E-state index contributed by atoms with van der Waals surface area (Å²) in [6.07, 6.45) is 3.72. The monoisotopic (exact) mass is 286 g/mol. The highest BCUT2D eigenvalue weighted by Gasteiger charge is 2.02. The minimum atomic E-state index is -0.0414. The van der Waals surface area contributed by atoms with Gasteiger partial charge in [0.1, 0.15) is 11.5 Å². The number of methoxy groups -OCH3 is 1. The van der Waals surface area contributed by atoms with Gasteiger partial charge in [0, 0.05) is 18.9 Å². The first-order chi connectivity index (χ1) is 10.3. The van der Waals surface area contributed by atoms with Crippen LogP contribution in [0.2, 0.25) is 0 Å². The number of amides is 1. The first kappa shape index (κ1) is 14.8. The van der Waals surface area contributed by atoms with Crippen molar-refractivity contribution in [3.05, 3.63) is 54.4 Å². The summed E-state index contributed by atoms with van der Waals surface area (Å²) in [6.45, 7) is 0.846. The van der Waals surface area contributed by atoms with Crippen LogP contribution < -0.4 is 14.8 Å². The van der Waals surface area contributed by atoms with E-state index in [2.05, 4.69) is 10.3 Å². The zero-order valence-corrected chi connectivity index (χ0v) is 11.9. The molecule has 5 heteroatoms. The molecule has 0 aliphatic carbocycles. The average Bonchev–Trinajstić information content (AvgIpc) is 2.54. The molecule has 0 fully saturated rings. The van der Waals surface area contributed by atoms with Gasteiger partial charge < -0.3 is 14.8 Å². The summed E-state index contributed by atoms with van der Waals surface area (Å²) in [7, 11) is 1.61. The zero-order valence-electron chi connectivity index (χ0n) is 11.9. The van der Waals surface area contributed by atoms with E-state index in [1.165, 1.54) is 0 Å². The summed E-state index contributed by atoms with van der Waals surface area (Å²) >= 11 is 0. The lowest BCUT2D eigenvalue weighted by Gasteiger charge is -2.08. The molecule has 2 aromatic rings. The molecule has 1 amide bonds. The predicted octanol–water partition coefficient (Wildman–Crippen LogP) is 2.18. The molecule has 0 saturated carbocycles. The van der Waals surface area contributed by atoms with Gasteiger partial charge in [-0.3, -0.25) is 9.78 Å². The number of nitrogens with one attached hydrogen (secondary N) is 1. The summed E-state index contributed by atoms with van der Waals surface area (Å²) < 4.78 is 10.6. The van der Waals surface area contributed by atoms with Crippen molar-refractivity contribution in [2.45, 2.75) is 13.0 Å². The van der Waals surface area contributed by atoms with Crippen LogP contribution in [0.4, 0.5) is 0 Å². The Kier molecular flexibility index (Phi) is 5.58. The Hall–Kier alpha value is -2.56. The van der Waals surface area contributed by atoms with Gasteiger partial charge in [-0.05, 0) is 42.0 Å². The molecule has 0 aliphatic rings. The van der Waals surface area contributed by atoms with Crippen LogP contribution in [0.3, 0.4) is 0 Å². The molecular formula is C16H18N2O3. The maximum absolute atomic E-state index is 11.7. The fraction of sp³-hybridized carbons (Fsp3) is 0.250. The van der Waals surface area contributed by atoms with Crippen molar-refractivity contribution in [2.75, 3.05) is 13.7 Å². The summed E-state index contributed by atoms with van der Waals surface area (Å²) in [5.41, 5.74) is 1.02. The average molecular weight is 286 g/mol. The van der Waals surface area contributed by atoms with E-state index in [0.29, 0.717) is 19.6 Å². The lowest BCUT2D eigenvalue weighted by molar-refractivity contribution is -0.121. The molecule has 0 spiro atoms. The molecule has 0 radical (unpaired) electrons. The molecule has 1 heterocycles. The summed E-state index contributed by atoms with van der Waals surface area (Å²) in [5.74, 6) is 1.45. The van der Waals surface area contributed by atoms with Crippen molar-refractivity contribution in [3.63, 3.8) is 0 Å². The standard InChI is InChI=1S/C16H18N2O3/c1-20-14-2-4-15(5-3-14)21-11-8-16(19)18-12-13-6-9-17-10-7-13/h2-7,9-10H,8,11-12H2,1H3,(H,18,19). The van der Waals surface area contributed by atoms with Gasteiger partial charge in [-0.1, -0.05) is 0 Å². The van der Waals surface area contributed by atoms with E-state index in [4.69, 9.17) is 9.47 Å². The van der Waals surface area contributed by atoms with Crippen LogP contribution in [0, 0.1) is 0 Å². The number of aromatic nitrogens is 1. The third-order valence-electron chi connectivity index (χ3n) is 2.90. The number of nitrogens with zero attached hydrogens (tertiary/aromatic N) is 1. The van der Waals surface area contributed by atoms with Gasteiger partial charge in [-0.15, -0.1) is 0 Å². The minimum Gasteiger partial charge on any atom is -0.497 e. The number of rotatable bonds is 7. The van der Waals surface area contributed by atoms with E-state index in [1.807, 2.05) is 36.4 Å². The van der Waals surface area contributed by atoms with Gasteiger partial charge in [0.2, 0.25) is 5.91 Å². The number of benzene rings is 1. The van der Waals surface area contributed by atoms with Crippen molar-refractivity contribution in [2.24, 2.45) is 0 Å². The molecule has 0 saturated heterocycles. The van der Waals surface area contributed by atoms with Crippen molar-refractivity contribution in [1.82, 2.24) is 10.3 Å².